The normalized spacial score (nSPS) is 14.6. The Labute approximate surface area is 229 Å². The van der Waals surface area contributed by atoms with Gasteiger partial charge in [-0.2, -0.15) is 10.2 Å². The zero-order valence-corrected chi connectivity index (χ0v) is 23.8. The summed E-state index contributed by atoms with van der Waals surface area (Å²) in [6.45, 7) is 14.8. The molecule has 4 rings (SSSR count). The lowest BCUT2D eigenvalue weighted by molar-refractivity contribution is -0.0366. The first-order valence-electron chi connectivity index (χ1n) is 13.7. The molecular formula is C30H40F2N6O. The highest BCUT2D eigenvalue weighted by Gasteiger charge is 2.41. The molecule has 0 aliphatic heterocycles. The molecule has 2 aromatic heterocycles. The molecule has 0 saturated heterocycles. The van der Waals surface area contributed by atoms with Gasteiger partial charge in [0.15, 0.2) is 0 Å². The van der Waals surface area contributed by atoms with Crippen molar-refractivity contribution in [3.8, 4) is 0 Å². The predicted molar refractivity (Wildman–Crippen MR) is 150 cm³/mol. The summed E-state index contributed by atoms with van der Waals surface area (Å²) < 4.78 is 31.8. The number of rotatable bonds is 11. The summed E-state index contributed by atoms with van der Waals surface area (Å²) in [6, 6.07) is 8.71. The van der Waals surface area contributed by atoms with Crippen molar-refractivity contribution in [2.24, 2.45) is 11.3 Å². The SMILES string of the molecule is CCC(CC)CN(CC(C)(C)C)c1ccc2nn([C@H](C)[C@](O)(Cn3cncn3)c3ccc(F)cc3F)cc2c1. The third-order valence-electron chi connectivity index (χ3n) is 7.52. The number of anilines is 1. The first-order chi connectivity index (χ1) is 18.4. The van der Waals surface area contributed by atoms with E-state index in [2.05, 4.69) is 61.7 Å². The van der Waals surface area contributed by atoms with E-state index in [1.54, 1.807) is 11.6 Å². The first kappa shape index (κ1) is 28.7. The zero-order chi connectivity index (χ0) is 28.4. The monoisotopic (exact) mass is 538 g/mol. The van der Waals surface area contributed by atoms with Crippen LogP contribution in [0, 0.1) is 23.0 Å². The van der Waals surface area contributed by atoms with E-state index in [0.29, 0.717) is 5.92 Å². The van der Waals surface area contributed by atoms with E-state index in [0.717, 1.165) is 54.7 Å². The Balaban J connectivity index is 1.73. The Hall–Kier alpha value is -3.33. The molecule has 1 N–H and O–H groups in total. The number of hydrogen-bond donors (Lipinski definition) is 1. The molecule has 0 radical (unpaired) electrons. The fourth-order valence-electron chi connectivity index (χ4n) is 5.18. The largest absolute Gasteiger partial charge is 0.381 e. The third kappa shape index (κ3) is 6.46. The molecule has 7 nitrogen and oxygen atoms in total. The smallest absolute Gasteiger partial charge is 0.137 e. The van der Waals surface area contributed by atoms with E-state index in [1.165, 1.54) is 23.4 Å². The molecule has 0 bridgehead atoms. The van der Waals surface area contributed by atoms with Gasteiger partial charge in [-0.25, -0.2) is 18.4 Å². The quantitative estimate of drug-likeness (QED) is 0.241. The van der Waals surface area contributed by atoms with E-state index in [-0.39, 0.29) is 17.5 Å². The Morgan fingerprint density at radius 1 is 1.05 bits per heavy atom. The number of fused-ring (bicyclic) bond motifs is 1. The minimum Gasteiger partial charge on any atom is -0.381 e. The minimum absolute atomic E-state index is 0.0336. The van der Waals surface area contributed by atoms with Crippen LogP contribution in [0.5, 0.6) is 0 Å². The second-order valence-corrected chi connectivity index (χ2v) is 11.8. The molecular weight excluding hydrogens is 498 g/mol. The van der Waals surface area contributed by atoms with E-state index in [9.17, 15) is 9.50 Å². The average molecular weight is 539 g/mol. The summed E-state index contributed by atoms with van der Waals surface area (Å²) in [5, 5.41) is 21.7. The van der Waals surface area contributed by atoms with Crippen molar-refractivity contribution >= 4 is 16.6 Å². The van der Waals surface area contributed by atoms with Gasteiger partial charge in [0.1, 0.15) is 29.9 Å². The van der Waals surface area contributed by atoms with Crippen LogP contribution in [-0.2, 0) is 12.1 Å². The Kier molecular flexibility index (Phi) is 8.39. The van der Waals surface area contributed by atoms with Crippen molar-refractivity contribution < 1.29 is 13.9 Å². The van der Waals surface area contributed by atoms with Crippen LogP contribution in [0.15, 0.2) is 55.2 Å². The van der Waals surface area contributed by atoms with Crippen LogP contribution in [0.25, 0.3) is 10.9 Å². The van der Waals surface area contributed by atoms with Crippen LogP contribution >= 0.6 is 0 Å². The van der Waals surface area contributed by atoms with Crippen LogP contribution in [0.2, 0.25) is 0 Å². The molecule has 210 valence electrons. The number of benzene rings is 2. The van der Waals surface area contributed by atoms with Crippen LogP contribution in [0.3, 0.4) is 0 Å². The van der Waals surface area contributed by atoms with Crippen LogP contribution in [-0.4, -0.2) is 42.7 Å². The standard InChI is InChI=1S/C30H40F2N6O/c1-7-22(8-2)15-36(17-29(4,5)6)25-10-12-28-23(13-25)16-38(35-28)21(3)30(39,18-37-20-33-19-34-37)26-11-9-24(31)14-27(26)32/h9-14,16,19-22,39H,7-8,15,17-18H2,1-6H3/t21-,30-/m1/s1. The van der Waals surface area contributed by atoms with Gasteiger partial charge < -0.3 is 10.0 Å². The van der Waals surface area contributed by atoms with Crippen LogP contribution in [0.4, 0.5) is 14.5 Å². The van der Waals surface area contributed by atoms with Crippen molar-refractivity contribution in [2.75, 3.05) is 18.0 Å². The molecule has 0 saturated carbocycles. The van der Waals surface area contributed by atoms with Crippen molar-refractivity contribution in [2.45, 2.75) is 72.6 Å². The highest BCUT2D eigenvalue weighted by Crippen LogP contribution is 2.37. The number of aliphatic hydroxyl groups is 1. The lowest BCUT2D eigenvalue weighted by Gasteiger charge is -2.34. The highest BCUT2D eigenvalue weighted by atomic mass is 19.1. The summed E-state index contributed by atoms with van der Waals surface area (Å²) in [5.41, 5.74) is 0.195. The summed E-state index contributed by atoms with van der Waals surface area (Å²) in [5.74, 6) is -0.941. The molecule has 0 unspecified atom stereocenters. The van der Waals surface area contributed by atoms with Crippen molar-refractivity contribution in [1.29, 1.82) is 0 Å². The average Bonchev–Trinajstić information content (AvgIpc) is 3.54. The summed E-state index contributed by atoms with van der Waals surface area (Å²) >= 11 is 0. The number of nitrogens with zero attached hydrogens (tertiary/aromatic N) is 6. The van der Waals surface area contributed by atoms with Gasteiger partial charge >= 0.3 is 0 Å². The second-order valence-electron chi connectivity index (χ2n) is 11.8. The first-order valence-corrected chi connectivity index (χ1v) is 13.7. The molecule has 2 aromatic carbocycles. The fourth-order valence-corrected chi connectivity index (χ4v) is 5.18. The highest BCUT2D eigenvalue weighted by molar-refractivity contribution is 5.82. The van der Waals surface area contributed by atoms with E-state index in [1.807, 2.05) is 12.3 Å². The van der Waals surface area contributed by atoms with Gasteiger partial charge in [0, 0.05) is 42.0 Å². The molecule has 0 aliphatic rings. The molecule has 2 atom stereocenters. The van der Waals surface area contributed by atoms with Gasteiger partial charge in [0.2, 0.25) is 0 Å². The van der Waals surface area contributed by atoms with Gasteiger partial charge in [0.25, 0.3) is 0 Å². The molecule has 0 amide bonds. The van der Waals surface area contributed by atoms with E-state index >= 15 is 4.39 Å². The van der Waals surface area contributed by atoms with E-state index < -0.39 is 23.3 Å². The summed E-state index contributed by atoms with van der Waals surface area (Å²) in [6.07, 6.45) is 6.93. The molecule has 2 heterocycles. The van der Waals surface area contributed by atoms with Gasteiger partial charge in [-0.3, -0.25) is 4.68 Å². The van der Waals surface area contributed by atoms with Gasteiger partial charge in [-0.15, -0.1) is 0 Å². The molecule has 39 heavy (non-hydrogen) atoms. The minimum atomic E-state index is -1.79. The fraction of sp³-hybridized carbons (Fsp3) is 0.500. The molecule has 9 heteroatoms. The topological polar surface area (TPSA) is 72.0 Å². The lowest BCUT2D eigenvalue weighted by Crippen LogP contribution is -2.40. The Morgan fingerprint density at radius 3 is 2.41 bits per heavy atom. The van der Waals surface area contributed by atoms with Gasteiger partial charge in [-0.05, 0) is 42.5 Å². The molecule has 4 aromatic rings. The maximum absolute atomic E-state index is 15.0. The zero-order valence-electron chi connectivity index (χ0n) is 23.8. The molecule has 0 fully saturated rings. The Bertz CT molecular complexity index is 1380. The Morgan fingerprint density at radius 2 is 1.79 bits per heavy atom. The predicted octanol–water partition coefficient (Wildman–Crippen LogP) is 6.34. The van der Waals surface area contributed by atoms with Crippen molar-refractivity contribution in [3.05, 3.63) is 72.4 Å². The third-order valence-corrected chi connectivity index (χ3v) is 7.52. The van der Waals surface area contributed by atoms with Gasteiger partial charge in [0.05, 0.1) is 18.1 Å². The van der Waals surface area contributed by atoms with Crippen LogP contribution < -0.4 is 4.90 Å². The maximum atomic E-state index is 15.0. The second kappa shape index (κ2) is 11.4. The van der Waals surface area contributed by atoms with E-state index in [4.69, 9.17) is 5.10 Å². The number of hydrogen-bond acceptors (Lipinski definition) is 5. The van der Waals surface area contributed by atoms with Crippen molar-refractivity contribution in [3.63, 3.8) is 0 Å². The maximum Gasteiger partial charge on any atom is 0.137 e. The molecule has 0 aliphatic carbocycles. The summed E-state index contributed by atoms with van der Waals surface area (Å²) in [4.78, 5) is 6.40. The lowest BCUT2D eigenvalue weighted by atomic mass is 9.86. The van der Waals surface area contributed by atoms with Gasteiger partial charge in [-0.1, -0.05) is 53.5 Å². The van der Waals surface area contributed by atoms with Crippen LogP contribution in [0.1, 0.15) is 66.0 Å². The van der Waals surface area contributed by atoms with Crippen molar-refractivity contribution in [1.82, 2.24) is 24.5 Å². The number of aromatic nitrogens is 5. The molecule has 0 spiro atoms. The summed E-state index contributed by atoms with van der Waals surface area (Å²) in [7, 11) is 0. The number of halogens is 2.